The summed E-state index contributed by atoms with van der Waals surface area (Å²) in [4.78, 5) is 20.6. The van der Waals surface area contributed by atoms with Gasteiger partial charge in [0.05, 0.1) is 10.5 Å². The maximum Gasteiger partial charge on any atom is 0.336 e. The number of phenols is 1. The molecule has 0 atom stereocenters. The fraction of sp³-hybridized carbons (Fsp3) is 0.300. The molecule has 0 bridgehead atoms. The van der Waals surface area contributed by atoms with Crippen molar-refractivity contribution in [3.8, 4) is 5.75 Å². The lowest BCUT2D eigenvalue weighted by Gasteiger charge is -2.05. The monoisotopic (exact) mass is 225 g/mol. The lowest BCUT2D eigenvalue weighted by Crippen LogP contribution is -2.04. The zero-order valence-electron chi connectivity index (χ0n) is 8.64. The van der Waals surface area contributed by atoms with Gasteiger partial charge in [0.1, 0.15) is 0 Å². The van der Waals surface area contributed by atoms with E-state index in [0.29, 0.717) is 18.4 Å². The fourth-order valence-corrected chi connectivity index (χ4v) is 1.44. The molecule has 1 aromatic rings. The van der Waals surface area contributed by atoms with Gasteiger partial charge in [-0.15, -0.1) is 0 Å². The number of phenolic OH excluding ortho intramolecular Hbond substituents is 1. The highest BCUT2D eigenvalue weighted by Gasteiger charge is 2.20. The summed E-state index contributed by atoms with van der Waals surface area (Å²) in [6.45, 7) is 1.85. The highest BCUT2D eigenvalue weighted by Crippen LogP contribution is 2.30. The molecule has 0 fully saturated rings. The Labute approximate surface area is 91.3 Å². The predicted octanol–water partition coefficient (Wildman–Crippen LogP) is 1.95. The van der Waals surface area contributed by atoms with Gasteiger partial charge in [0, 0.05) is 6.07 Å². The Hall–Kier alpha value is -2.11. The van der Waals surface area contributed by atoms with Crippen LogP contribution in [0.25, 0.3) is 0 Å². The molecule has 0 aliphatic carbocycles. The summed E-state index contributed by atoms with van der Waals surface area (Å²) in [5, 5.41) is 28.8. The lowest BCUT2D eigenvalue weighted by molar-refractivity contribution is -0.385. The van der Waals surface area contributed by atoms with Crippen LogP contribution in [0.15, 0.2) is 12.1 Å². The Morgan fingerprint density at radius 2 is 2.12 bits per heavy atom. The minimum absolute atomic E-state index is 0.133. The molecule has 0 saturated heterocycles. The molecule has 0 amide bonds. The third-order valence-corrected chi connectivity index (χ3v) is 2.15. The van der Waals surface area contributed by atoms with E-state index in [-0.39, 0.29) is 5.56 Å². The molecule has 0 spiro atoms. The van der Waals surface area contributed by atoms with Crippen LogP contribution in [0.3, 0.4) is 0 Å². The van der Waals surface area contributed by atoms with Gasteiger partial charge in [-0.2, -0.15) is 0 Å². The molecule has 16 heavy (non-hydrogen) atoms. The Morgan fingerprint density at radius 1 is 1.50 bits per heavy atom. The Balaban J connectivity index is 3.36. The first-order valence-corrected chi connectivity index (χ1v) is 4.71. The van der Waals surface area contributed by atoms with Crippen molar-refractivity contribution in [2.24, 2.45) is 0 Å². The zero-order chi connectivity index (χ0) is 12.3. The SMILES string of the molecule is CCCc1cc(O)c([N+](=O)[O-])cc1C(=O)O. The molecule has 0 aromatic heterocycles. The van der Waals surface area contributed by atoms with Crippen molar-refractivity contribution in [2.45, 2.75) is 19.8 Å². The number of aryl methyl sites for hydroxylation is 1. The van der Waals surface area contributed by atoms with E-state index in [0.717, 1.165) is 12.1 Å². The second kappa shape index (κ2) is 4.61. The van der Waals surface area contributed by atoms with Crippen molar-refractivity contribution in [3.05, 3.63) is 33.4 Å². The summed E-state index contributed by atoms with van der Waals surface area (Å²) in [5.41, 5.74) is -0.318. The van der Waals surface area contributed by atoms with Gasteiger partial charge < -0.3 is 10.2 Å². The fourth-order valence-electron chi connectivity index (χ4n) is 1.44. The van der Waals surface area contributed by atoms with Crippen molar-refractivity contribution in [2.75, 3.05) is 0 Å². The van der Waals surface area contributed by atoms with Crippen LogP contribution in [-0.2, 0) is 6.42 Å². The van der Waals surface area contributed by atoms with Crippen molar-refractivity contribution in [1.82, 2.24) is 0 Å². The average molecular weight is 225 g/mol. The average Bonchev–Trinajstić information content (AvgIpc) is 2.17. The molecular formula is C10H11NO5. The van der Waals surface area contributed by atoms with E-state index in [1.54, 1.807) is 0 Å². The molecule has 0 saturated carbocycles. The molecule has 0 aliphatic heterocycles. The topological polar surface area (TPSA) is 101 Å². The summed E-state index contributed by atoms with van der Waals surface area (Å²) in [6, 6.07) is 2.04. The van der Waals surface area contributed by atoms with Crippen LogP contribution in [-0.4, -0.2) is 21.1 Å². The van der Waals surface area contributed by atoms with Crippen LogP contribution < -0.4 is 0 Å². The molecule has 2 N–H and O–H groups in total. The van der Waals surface area contributed by atoms with Gasteiger partial charge in [0.2, 0.25) is 0 Å². The number of carboxylic acids is 1. The number of hydrogen-bond acceptors (Lipinski definition) is 4. The first-order chi connectivity index (χ1) is 7.47. The third kappa shape index (κ3) is 2.28. The van der Waals surface area contributed by atoms with E-state index < -0.39 is 22.3 Å². The Kier molecular flexibility index (Phi) is 3.44. The number of carbonyl (C=O) groups is 1. The van der Waals surface area contributed by atoms with Gasteiger partial charge in [-0.3, -0.25) is 10.1 Å². The minimum atomic E-state index is -1.23. The van der Waals surface area contributed by atoms with Crippen molar-refractivity contribution in [3.63, 3.8) is 0 Å². The number of nitrogens with zero attached hydrogens (tertiary/aromatic N) is 1. The quantitative estimate of drug-likeness (QED) is 0.602. The molecular weight excluding hydrogens is 214 g/mol. The number of aromatic carboxylic acids is 1. The standard InChI is InChI=1S/C10H11NO5/c1-2-3-6-4-9(12)8(11(15)16)5-7(6)10(13)14/h4-5,12H,2-3H2,1H3,(H,13,14). The van der Waals surface area contributed by atoms with E-state index in [1.807, 2.05) is 6.92 Å². The van der Waals surface area contributed by atoms with Gasteiger partial charge in [-0.25, -0.2) is 4.79 Å². The molecule has 0 radical (unpaired) electrons. The molecule has 0 unspecified atom stereocenters. The Morgan fingerprint density at radius 3 is 2.56 bits per heavy atom. The van der Waals surface area contributed by atoms with E-state index in [4.69, 9.17) is 5.11 Å². The van der Waals surface area contributed by atoms with Gasteiger partial charge in [-0.1, -0.05) is 13.3 Å². The zero-order valence-corrected chi connectivity index (χ0v) is 8.64. The number of rotatable bonds is 4. The second-order valence-electron chi connectivity index (χ2n) is 3.31. The van der Waals surface area contributed by atoms with E-state index >= 15 is 0 Å². The van der Waals surface area contributed by atoms with E-state index in [1.165, 1.54) is 0 Å². The first-order valence-electron chi connectivity index (χ1n) is 4.71. The van der Waals surface area contributed by atoms with Crippen LogP contribution in [0, 0.1) is 10.1 Å². The smallest absolute Gasteiger partial charge is 0.336 e. The predicted molar refractivity (Wildman–Crippen MR) is 55.7 cm³/mol. The number of nitro benzene ring substituents is 1. The van der Waals surface area contributed by atoms with Crippen LogP contribution in [0.2, 0.25) is 0 Å². The molecule has 6 heteroatoms. The molecule has 86 valence electrons. The summed E-state index contributed by atoms with van der Waals surface area (Å²) >= 11 is 0. The van der Waals surface area contributed by atoms with Crippen LogP contribution >= 0.6 is 0 Å². The molecule has 1 rings (SSSR count). The third-order valence-electron chi connectivity index (χ3n) is 2.15. The van der Waals surface area contributed by atoms with Gasteiger partial charge in [0.25, 0.3) is 0 Å². The van der Waals surface area contributed by atoms with Gasteiger partial charge >= 0.3 is 11.7 Å². The van der Waals surface area contributed by atoms with Crippen molar-refractivity contribution >= 4 is 11.7 Å². The summed E-state index contributed by atoms with van der Waals surface area (Å²) in [6.07, 6.45) is 1.14. The number of carboxylic acid groups (broad SMARTS) is 1. The summed E-state index contributed by atoms with van der Waals surface area (Å²) in [7, 11) is 0. The van der Waals surface area contributed by atoms with Gasteiger partial charge in [-0.05, 0) is 18.1 Å². The van der Waals surface area contributed by atoms with Crippen molar-refractivity contribution in [1.29, 1.82) is 0 Å². The maximum absolute atomic E-state index is 10.9. The molecule has 1 aromatic carbocycles. The molecule has 0 heterocycles. The lowest BCUT2D eigenvalue weighted by atomic mass is 10.0. The van der Waals surface area contributed by atoms with Crippen LogP contribution in [0.4, 0.5) is 5.69 Å². The maximum atomic E-state index is 10.9. The summed E-state index contributed by atoms with van der Waals surface area (Å²) < 4.78 is 0. The van der Waals surface area contributed by atoms with Crippen LogP contribution in [0.1, 0.15) is 29.3 Å². The molecule has 6 nitrogen and oxygen atoms in total. The second-order valence-corrected chi connectivity index (χ2v) is 3.31. The molecule has 0 aliphatic rings. The van der Waals surface area contributed by atoms with E-state index in [9.17, 15) is 20.0 Å². The minimum Gasteiger partial charge on any atom is -0.502 e. The number of hydrogen-bond donors (Lipinski definition) is 2. The van der Waals surface area contributed by atoms with Crippen LogP contribution in [0.5, 0.6) is 5.75 Å². The van der Waals surface area contributed by atoms with E-state index in [2.05, 4.69) is 0 Å². The summed E-state index contributed by atoms with van der Waals surface area (Å²) in [5.74, 6) is -1.73. The number of aromatic hydroxyl groups is 1. The largest absolute Gasteiger partial charge is 0.502 e. The van der Waals surface area contributed by atoms with Crippen molar-refractivity contribution < 1.29 is 19.9 Å². The number of nitro groups is 1. The Bertz CT molecular complexity index is 441. The highest BCUT2D eigenvalue weighted by atomic mass is 16.6. The normalized spacial score (nSPS) is 10.1. The highest BCUT2D eigenvalue weighted by molar-refractivity contribution is 5.90. The van der Waals surface area contributed by atoms with Gasteiger partial charge in [0.15, 0.2) is 5.75 Å². The first kappa shape index (κ1) is 12.0. The number of benzene rings is 1.